The Balaban J connectivity index is 1.61. The van der Waals surface area contributed by atoms with Crippen molar-refractivity contribution in [3.63, 3.8) is 0 Å². The fraction of sp³-hybridized carbons (Fsp3) is 0.545. The highest BCUT2D eigenvalue weighted by atomic mass is 19.1. The van der Waals surface area contributed by atoms with Crippen molar-refractivity contribution in [1.29, 1.82) is 0 Å². The summed E-state index contributed by atoms with van der Waals surface area (Å²) >= 11 is 0. The first-order chi connectivity index (χ1) is 14.2. The van der Waals surface area contributed by atoms with E-state index in [2.05, 4.69) is 0 Å². The number of fused-ring (bicyclic) bond motifs is 1. The number of alkyl halides is 1. The van der Waals surface area contributed by atoms with E-state index in [4.69, 9.17) is 5.73 Å². The monoisotopic (exact) mass is 417 g/mol. The topological polar surface area (TPSA) is 88.6 Å². The Hall–Kier alpha value is -2.48. The number of carbonyl (C=O) groups is 1. The predicted octanol–water partition coefficient (Wildman–Crippen LogP) is 3.14. The maximum atomic E-state index is 15.2. The molecule has 160 valence electrons. The smallest absolute Gasteiger partial charge is 0.341 e. The lowest BCUT2D eigenvalue weighted by atomic mass is 9.98. The number of nitrogens with zero attached hydrogens (tertiary/aromatic N) is 2. The molecule has 1 aromatic carbocycles. The molecule has 0 amide bonds. The number of carboxylic acids is 1. The summed E-state index contributed by atoms with van der Waals surface area (Å²) in [6, 6.07) is 0.596. The minimum absolute atomic E-state index is 0.0117. The molecule has 1 saturated heterocycles. The van der Waals surface area contributed by atoms with Crippen molar-refractivity contribution in [1.82, 2.24) is 4.57 Å². The number of pyridine rings is 1. The van der Waals surface area contributed by atoms with Gasteiger partial charge in [0.25, 0.3) is 0 Å². The van der Waals surface area contributed by atoms with E-state index in [1.807, 2.05) is 4.90 Å². The van der Waals surface area contributed by atoms with Crippen LogP contribution >= 0.6 is 0 Å². The Morgan fingerprint density at radius 2 is 2.10 bits per heavy atom. The highest BCUT2D eigenvalue weighted by Crippen LogP contribution is 2.44. The van der Waals surface area contributed by atoms with E-state index in [9.17, 15) is 19.1 Å². The summed E-state index contributed by atoms with van der Waals surface area (Å²) in [5.41, 5.74) is 6.38. The van der Waals surface area contributed by atoms with Crippen LogP contribution in [-0.2, 0) is 0 Å². The summed E-state index contributed by atoms with van der Waals surface area (Å²) in [6.07, 6.45) is 4.30. The van der Waals surface area contributed by atoms with Crippen molar-refractivity contribution in [3.8, 4) is 0 Å². The number of aryl methyl sites for hydroxylation is 1. The normalized spacial score (nSPS) is 26.9. The van der Waals surface area contributed by atoms with Crippen molar-refractivity contribution < 1.29 is 18.7 Å². The van der Waals surface area contributed by atoms with E-state index < -0.39 is 35.0 Å². The number of benzene rings is 1. The molecule has 0 radical (unpaired) electrons. The lowest BCUT2D eigenvalue weighted by Gasteiger charge is -2.25. The van der Waals surface area contributed by atoms with Gasteiger partial charge in [-0.3, -0.25) is 4.79 Å². The fourth-order valence-electron chi connectivity index (χ4n) is 5.05. The van der Waals surface area contributed by atoms with Crippen LogP contribution in [-0.4, -0.2) is 40.4 Å². The lowest BCUT2D eigenvalue weighted by molar-refractivity contribution is 0.0694. The molecule has 0 spiro atoms. The summed E-state index contributed by atoms with van der Waals surface area (Å²) in [5, 5.41) is 9.38. The molecule has 8 heteroatoms. The van der Waals surface area contributed by atoms with E-state index in [0.29, 0.717) is 35.8 Å². The fourth-order valence-corrected chi connectivity index (χ4v) is 5.05. The number of nitrogens with two attached hydrogens (primary N) is 1. The van der Waals surface area contributed by atoms with Gasteiger partial charge in [0.15, 0.2) is 0 Å². The minimum Gasteiger partial charge on any atom is -0.477 e. The molecule has 0 bridgehead atoms. The van der Waals surface area contributed by atoms with Crippen LogP contribution in [0.5, 0.6) is 0 Å². The van der Waals surface area contributed by atoms with Crippen LogP contribution in [0, 0.1) is 18.7 Å². The Labute approximate surface area is 172 Å². The Bertz CT molecular complexity index is 1130. The zero-order chi connectivity index (χ0) is 21.4. The lowest BCUT2D eigenvalue weighted by Crippen LogP contribution is -2.28. The quantitative estimate of drug-likeness (QED) is 0.780. The van der Waals surface area contributed by atoms with Crippen molar-refractivity contribution in [2.45, 2.75) is 56.8 Å². The number of halogens is 2. The molecule has 6 nitrogen and oxygen atoms in total. The first kappa shape index (κ1) is 19.5. The number of hydrogen-bond donors (Lipinski definition) is 2. The van der Waals surface area contributed by atoms with Crippen LogP contribution in [0.3, 0.4) is 0 Å². The van der Waals surface area contributed by atoms with E-state index >= 15 is 4.39 Å². The zero-order valence-corrected chi connectivity index (χ0v) is 16.8. The molecule has 3 N–H and O–H groups in total. The Morgan fingerprint density at radius 1 is 1.40 bits per heavy atom. The molecule has 2 heterocycles. The third kappa shape index (κ3) is 3.09. The van der Waals surface area contributed by atoms with Crippen LogP contribution in [0.4, 0.5) is 14.5 Å². The van der Waals surface area contributed by atoms with Crippen molar-refractivity contribution >= 4 is 22.6 Å². The number of anilines is 1. The molecular weight excluding hydrogens is 392 g/mol. The highest BCUT2D eigenvalue weighted by Gasteiger charge is 2.43. The molecule has 2 saturated carbocycles. The van der Waals surface area contributed by atoms with Gasteiger partial charge in [0.2, 0.25) is 5.43 Å². The molecule has 3 atom stereocenters. The molecule has 2 aromatic rings. The van der Waals surface area contributed by atoms with Gasteiger partial charge in [-0.1, -0.05) is 0 Å². The van der Waals surface area contributed by atoms with Gasteiger partial charge in [-0.25, -0.2) is 13.6 Å². The molecule has 3 fully saturated rings. The maximum Gasteiger partial charge on any atom is 0.341 e. The minimum atomic E-state index is -1.40. The molecule has 1 aliphatic heterocycles. The average molecular weight is 417 g/mol. The SMILES string of the molecule is Cc1c(N2CC[C@H](CC3(N)CC3)C2)c(F)cc2c(=O)c(C(=O)O)cn([C@@H]3C[C@H]3F)c12. The molecule has 0 unspecified atom stereocenters. The van der Waals surface area contributed by atoms with Crippen LogP contribution in [0.15, 0.2) is 17.1 Å². The van der Waals surface area contributed by atoms with E-state index in [-0.39, 0.29) is 17.3 Å². The first-order valence-corrected chi connectivity index (χ1v) is 10.5. The average Bonchev–Trinajstić information content (AvgIpc) is 3.53. The number of hydrogen-bond acceptors (Lipinski definition) is 4. The Kier molecular flexibility index (Phi) is 4.23. The number of rotatable bonds is 5. The van der Waals surface area contributed by atoms with Crippen molar-refractivity contribution in [2.24, 2.45) is 11.7 Å². The van der Waals surface area contributed by atoms with Crippen molar-refractivity contribution in [3.05, 3.63) is 39.4 Å². The molecule has 3 aliphatic rings. The van der Waals surface area contributed by atoms with Crippen LogP contribution in [0.2, 0.25) is 0 Å². The molecular formula is C22H25F2N3O3. The summed E-state index contributed by atoms with van der Waals surface area (Å²) in [4.78, 5) is 26.2. The van der Waals surface area contributed by atoms with E-state index in [1.165, 1.54) is 10.8 Å². The number of carboxylic acid groups (broad SMARTS) is 1. The molecule has 2 aliphatic carbocycles. The number of aromatic carboxylic acids is 1. The Morgan fingerprint density at radius 3 is 2.70 bits per heavy atom. The third-order valence-corrected chi connectivity index (χ3v) is 6.94. The molecule has 30 heavy (non-hydrogen) atoms. The summed E-state index contributed by atoms with van der Waals surface area (Å²) in [5.74, 6) is -1.55. The summed E-state index contributed by atoms with van der Waals surface area (Å²) in [7, 11) is 0. The second-order valence-corrected chi connectivity index (χ2v) is 9.30. The maximum absolute atomic E-state index is 15.2. The second-order valence-electron chi connectivity index (χ2n) is 9.30. The van der Waals surface area contributed by atoms with Crippen LogP contribution in [0.1, 0.15) is 54.1 Å². The van der Waals surface area contributed by atoms with Crippen LogP contribution < -0.4 is 16.1 Å². The number of aromatic nitrogens is 1. The van der Waals surface area contributed by atoms with Crippen molar-refractivity contribution in [2.75, 3.05) is 18.0 Å². The van der Waals surface area contributed by atoms with Gasteiger partial charge in [0, 0.05) is 36.6 Å². The molecule has 1 aromatic heterocycles. The van der Waals surface area contributed by atoms with Gasteiger partial charge in [-0.2, -0.15) is 0 Å². The van der Waals surface area contributed by atoms with E-state index in [0.717, 1.165) is 31.7 Å². The predicted molar refractivity (Wildman–Crippen MR) is 110 cm³/mol. The summed E-state index contributed by atoms with van der Waals surface area (Å²) in [6.45, 7) is 3.11. The first-order valence-electron chi connectivity index (χ1n) is 10.5. The summed E-state index contributed by atoms with van der Waals surface area (Å²) < 4.78 is 30.6. The van der Waals surface area contributed by atoms with Gasteiger partial charge in [-0.05, 0) is 50.2 Å². The van der Waals surface area contributed by atoms with Gasteiger partial charge >= 0.3 is 5.97 Å². The standard InChI is InChI=1S/C22H25F2N3O3/c1-11-18-13(20(28)14(21(29)30)10-27(18)17-7-15(17)23)6-16(24)19(11)26-5-2-12(9-26)8-22(25)3-4-22/h6,10,12,15,17H,2-5,7-9,25H2,1H3,(H,29,30)/t12-,15-,17-/m1/s1. The van der Waals surface area contributed by atoms with E-state index in [1.54, 1.807) is 6.92 Å². The van der Waals surface area contributed by atoms with Gasteiger partial charge in [0.05, 0.1) is 17.2 Å². The van der Waals surface area contributed by atoms with Crippen LogP contribution in [0.25, 0.3) is 10.9 Å². The van der Waals surface area contributed by atoms with Gasteiger partial charge < -0.3 is 20.3 Å². The second kappa shape index (κ2) is 6.51. The highest BCUT2D eigenvalue weighted by molar-refractivity contribution is 5.95. The van der Waals surface area contributed by atoms with Gasteiger partial charge in [0.1, 0.15) is 17.6 Å². The molecule has 5 rings (SSSR count). The van der Waals surface area contributed by atoms with Gasteiger partial charge in [-0.15, -0.1) is 0 Å². The zero-order valence-electron chi connectivity index (χ0n) is 16.8. The largest absolute Gasteiger partial charge is 0.477 e. The third-order valence-electron chi connectivity index (χ3n) is 6.94.